The Bertz CT molecular complexity index is 1010. The van der Waals surface area contributed by atoms with Crippen molar-refractivity contribution in [2.45, 2.75) is 0 Å². The second-order valence-corrected chi connectivity index (χ2v) is 5.76. The maximum atomic E-state index is 4.60. The van der Waals surface area contributed by atoms with Gasteiger partial charge < -0.3 is 10.2 Å². The number of imidazole rings is 1. The second-order valence-electron chi connectivity index (χ2n) is 5.76. The quantitative estimate of drug-likeness (QED) is 0.620. The van der Waals surface area contributed by atoms with Gasteiger partial charge in [-0.1, -0.05) is 0 Å². The molecule has 7 heteroatoms. The van der Waals surface area contributed by atoms with Gasteiger partial charge in [0.05, 0.1) is 17.6 Å². The van der Waals surface area contributed by atoms with Crippen molar-refractivity contribution in [1.29, 1.82) is 0 Å². The van der Waals surface area contributed by atoms with E-state index in [1.54, 1.807) is 18.6 Å². The van der Waals surface area contributed by atoms with Crippen LogP contribution in [-0.4, -0.2) is 38.4 Å². The van der Waals surface area contributed by atoms with E-state index < -0.39 is 0 Å². The lowest BCUT2D eigenvalue weighted by Crippen LogP contribution is -2.08. The average Bonchev–Trinajstić information content (AvgIpc) is 3.06. The van der Waals surface area contributed by atoms with Crippen molar-refractivity contribution in [2.24, 2.45) is 0 Å². The zero-order valence-corrected chi connectivity index (χ0v) is 14.0. The lowest BCUT2D eigenvalue weighted by molar-refractivity contribution is 1.09. The number of nitrogens with one attached hydrogen (secondary N) is 1. The Hall–Kier alpha value is -3.48. The topological polar surface area (TPSA) is 71.2 Å². The predicted octanol–water partition coefficient (Wildman–Crippen LogP) is 3.00. The maximum absolute atomic E-state index is 4.60. The molecule has 0 unspecified atom stereocenters. The van der Waals surface area contributed by atoms with Crippen LogP contribution in [0, 0.1) is 0 Å². The molecule has 1 aromatic carbocycles. The van der Waals surface area contributed by atoms with Gasteiger partial charge in [-0.05, 0) is 36.4 Å². The summed E-state index contributed by atoms with van der Waals surface area (Å²) in [4.78, 5) is 19.5. The molecule has 3 heterocycles. The lowest BCUT2D eigenvalue weighted by Gasteiger charge is -2.13. The van der Waals surface area contributed by atoms with E-state index in [2.05, 4.69) is 30.2 Å². The summed E-state index contributed by atoms with van der Waals surface area (Å²) in [5, 5.41) is 3.23. The standard InChI is InChI=1S/C18H17N7/c1-24(2)14-6-4-13(5-7-14)22-17-19-10-8-15(23-17)16-12-21-18-20-9-3-11-25(16)18/h3-12H,1-2H3,(H,19,22,23). The number of benzene rings is 1. The van der Waals surface area contributed by atoms with Gasteiger partial charge in [0, 0.05) is 44.1 Å². The van der Waals surface area contributed by atoms with Crippen molar-refractivity contribution in [1.82, 2.24) is 24.3 Å². The maximum Gasteiger partial charge on any atom is 0.234 e. The lowest BCUT2D eigenvalue weighted by atomic mass is 10.2. The monoisotopic (exact) mass is 331 g/mol. The second kappa shape index (κ2) is 6.20. The normalized spacial score (nSPS) is 10.8. The number of hydrogen-bond acceptors (Lipinski definition) is 6. The van der Waals surface area contributed by atoms with Crippen LogP contribution in [-0.2, 0) is 0 Å². The van der Waals surface area contributed by atoms with Gasteiger partial charge in [-0.3, -0.25) is 4.40 Å². The van der Waals surface area contributed by atoms with Gasteiger partial charge in [0.2, 0.25) is 11.7 Å². The van der Waals surface area contributed by atoms with Gasteiger partial charge >= 0.3 is 0 Å². The molecule has 0 aliphatic heterocycles. The van der Waals surface area contributed by atoms with E-state index in [0.717, 1.165) is 22.8 Å². The molecular weight excluding hydrogens is 314 g/mol. The van der Waals surface area contributed by atoms with Crippen molar-refractivity contribution in [3.8, 4) is 11.4 Å². The van der Waals surface area contributed by atoms with Gasteiger partial charge in [0.15, 0.2) is 0 Å². The van der Waals surface area contributed by atoms with Gasteiger partial charge in [-0.25, -0.2) is 19.9 Å². The summed E-state index contributed by atoms with van der Waals surface area (Å²) in [7, 11) is 4.03. The molecule has 0 amide bonds. The first-order valence-corrected chi connectivity index (χ1v) is 7.86. The van der Waals surface area contributed by atoms with Crippen LogP contribution in [0.15, 0.2) is 61.2 Å². The van der Waals surface area contributed by atoms with Crippen molar-refractivity contribution in [3.63, 3.8) is 0 Å². The first-order valence-electron chi connectivity index (χ1n) is 7.86. The summed E-state index contributed by atoms with van der Waals surface area (Å²) in [5.41, 5.74) is 3.72. The Morgan fingerprint density at radius 2 is 1.80 bits per heavy atom. The number of aromatic nitrogens is 5. The molecule has 0 fully saturated rings. The molecule has 25 heavy (non-hydrogen) atoms. The zero-order valence-electron chi connectivity index (χ0n) is 14.0. The highest BCUT2D eigenvalue weighted by Crippen LogP contribution is 2.21. The van der Waals surface area contributed by atoms with Crippen LogP contribution in [0.2, 0.25) is 0 Å². The number of rotatable bonds is 4. The third-order valence-corrected chi connectivity index (χ3v) is 3.85. The van der Waals surface area contributed by atoms with Crippen LogP contribution in [0.5, 0.6) is 0 Å². The van der Waals surface area contributed by atoms with E-state index in [4.69, 9.17) is 0 Å². The molecule has 7 nitrogen and oxygen atoms in total. The summed E-state index contributed by atoms with van der Waals surface area (Å²) in [6.45, 7) is 0. The molecule has 0 radical (unpaired) electrons. The van der Waals surface area contributed by atoms with Crippen LogP contribution < -0.4 is 10.2 Å². The summed E-state index contributed by atoms with van der Waals surface area (Å²) in [6, 6.07) is 11.8. The van der Waals surface area contributed by atoms with Crippen LogP contribution in [0.1, 0.15) is 0 Å². The van der Waals surface area contributed by atoms with Crippen LogP contribution in [0.25, 0.3) is 17.2 Å². The molecule has 0 atom stereocenters. The Kier molecular flexibility index (Phi) is 3.74. The fraction of sp³-hybridized carbons (Fsp3) is 0.111. The Morgan fingerprint density at radius 3 is 2.60 bits per heavy atom. The number of nitrogens with zero attached hydrogens (tertiary/aromatic N) is 6. The fourth-order valence-electron chi connectivity index (χ4n) is 2.55. The van der Waals surface area contributed by atoms with Crippen LogP contribution in [0.4, 0.5) is 17.3 Å². The SMILES string of the molecule is CN(C)c1ccc(Nc2nccc(-c3cnc4ncccn34)n2)cc1. The minimum absolute atomic E-state index is 0.536. The molecule has 4 rings (SSSR count). The Balaban J connectivity index is 1.63. The van der Waals surface area contributed by atoms with E-state index in [1.807, 2.05) is 61.1 Å². The average molecular weight is 331 g/mol. The van der Waals surface area contributed by atoms with Crippen molar-refractivity contribution >= 4 is 23.1 Å². The van der Waals surface area contributed by atoms with Gasteiger partial charge in [-0.2, -0.15) is 0 Å². The summed E-state index contributed by atoms with van der Waals surface area (Å²) in [5.74, 6) is 1.18. The number of anilines is 3. The molecular formula is C18H17N7. The number of hydrogen-bond donors (Lipinski definition) is 1. The summed E-state index contributed by atoms with van der Waals surface area (Å²) >= 11 is 0. The minimum Gasteiger partial charge on any atom is -0.378 e. The van der Waals surface area contributed by atoms with E-state index in [0.29, 0.717) is 11.7 Å². The molecule has 0 aliphatic rings. The zero-order chi connectivity index (χ0) is 17.2. The molecule has 0 spiro atoms. The molecule has 0 bridgehead atoms. The highest BCUT2D eigenvalue weighted by Gasteiger charge is 2.09. The summed E-state index contributed by atoms with van der Waals surface area (Å²) < 4.78 is 1.90. The van der Waals surface area contributed by atoms with E-state index >= 15 is 0 Å². The van der Waals surface area contributed by atoms with Crippen molar-refractivity contribution in [3.05, 3.63) is 61.2 Å². The Labute approximate surface area is 145 Å². The molecule has 0 saturated carbocycles. The smallest absolute Gasteiger partial charge is 0.234 e. The van der Waals surface area contributed by atoms with E-state index in [9.17, 15) is 0 Å². The van der Waals surface area contributed by atoms with Crippen molar-refractivity contribution in [2.75, 3.05) is 24.3 Å². The third-order valence-electron chi connectivity index (χ3n) is 3.85. The van der Waals surface area contributed by atoms with Crippen molar-refractivity contribution < 1.29 is 0 Å². The Morgan fingerprint density at radius 1 is 0.960 bits per heavy atom. The fourth-order valence-corrected chi connectivity index (χ4v) is 2.55. The molecule has 124 valence electrons. The highest BCUT2D eigenvalue weighted by molar-refractivity contribution is 5.62. The van der Waals surface area contributed by atoms with Gasteiger partial charge in [0.25, 0.3) is 0 Å². The predicted molar refractivity (Wildman–Crippen MR) is 98.1 cm³/mol. The van der Waals surface area contributed by atoms with Gasteiger partial charge in [-0.15, -0.1) is 0 Å². The molecule has 4 aromatic rings. The largest absolute Gasteiger partial charge is 0.378 e. The molecule has 0 saturated heterocycles. The molecule has 1 N–H and O–H groups in total. The van der Waals surface area contributed by atoms with Gasteiger partial charge in [0.1, 0.15) is 0 Å². The van der Waals surface area contributed by atoms with Crippen LogP contribution in [0.3, 0.4) is 0 Å². The van der Waals surface area contributed by atoms with Crippen LogP contribution >= 0.6 is 0 Å². The first-order chi connectivity index (χ1) is 12.2. The minimum atomic E-state index is 0.536. The number of fused-ring (bicyclic) bond motifs is 1. The summed E-state index contributed by atoms with van der Waals surface area (Å²) in [6.07, 6.45) is 7.13. The van der Waals surface area contributed by atoms with E-state index in [-0.39, 0.29) is 0 Å². The third kappa shape index (κ3) is 2.99. The van der Waals surface area contributed by atoms with E-state index in [1.165, 1.54) is 0 Å². The highest BCUT2D eigenvalue weighted by atomic mass is 15.1. The first kappa shape index (κ1) is 15.1. The molecule has 0 aliphatic carbocycles. The molecule has 3 aromatic heterocycles.